The van der Waals surface area contributed by atoms with Crippen LogP contribution in [0.1, 0.15) is 78.6 Å². The van der Waals surface area contributed by atoms with Crippen LogP contribution in [-0.2, 0) is 4.79 Å². The van der Waals surface area contributed by atoms with Gasteiger partial charge in [-0.1, -0.05) is 32.9 Å². The molecule has 156 valence electrons. The summed E-state index contributed by atoms with van der Waals surface area (Å²) in [6, 6.07) is 0. The summed E-state index contributed by atoms with van der Waals surface area (Å²) in [6.45, 7) is 9.90. The highest BCUT2D eigenvalue weighted by Gasteiger charge is 2.61. The summed E-state index contributed by atoms with van der Waals surface area (Å²) in [5.41, 5.74) is 0.553. The average Bonchev–Trinajstić information content (AvgIpc) is 3.29. The van der Waals surface area contributed by atoms with E-state index in [-0.39, 0.29) is 5.41 Å². The Bertz CT molecular complexity index is 649. The standard InChI is InChI=1S/C26H41NO/c1-17-14-20-15-18(4-5-19-10-13-27-16-19)8-11-25(20,2)22-9-12-26(3)21(24(17)22)6-7-23(26)28/h4-5,17-22,24,27H,6-16H2,1-3H3/b5-4-/t17-,18-,19+,20?,21+,22+,24+,25+,26+/m1/s1. The van der Waals surface area contributed by atoms with Gasteiger partial charge in [0.05, 0.1) is 0 Å². The van der Waals surface area contributed by atoms with E-state index in [1.807, 2.05) is 0 Å². The van der Waals surface area contributed by atoms with Crippen molar-refractivity contribution in [2.24, 2.45) is 52.3 Å². The first-order valence-corrected chi connectivity index (χ1v) is 12.3. The van der Waals surface area contributed by atoms with Crippen LogP contribution >= 0.6 is 0 Å². The molecule has 1 saturated heterocycles. The number of carbonyl (C=O) groups is 1. The second-order valence-corrected chi connectivity index (χ2v) is 11.8. The number of fused-ring (bicyclic) bond motifs is 5. The molecule has 9 atom stereocenters. The lowest BCUT2D eigenvalue weighted by Crippen LogP contribution is -2.56. The first-order chi connectivity index (χ1) is 13.4. The van der Waals surface area contributed by atoms with Crippen molar-refractivity contribution in [1.29, 1.82) is 0 Å². The predicted molar refractivity (Wildman–Crippen MR) is 115 cm³/mol. The van der Waals surface area contributed by atoms with Crippen LogP contribution in [0.15, 0.2) is 12.2 Å². The molecular formula is C26H41NO. The number of carbonyl (C=O) groups excluding carboxylic acids is 1. The molecule has 2 nitrogen and oxygen atoms in total. The fraction of sp³-hybridized carbons (Fsp3) is 0.885. The van der Waals surface area contributed by atoms with E-state index >= 15 is 0 Å². The third-order valence-corrected chi connectivity index (χ3v) is 10.5. The largest absolute Gasteiger partial charge is 0.316 e. The Labute approximate surface area is 172 Å². The maximum absolute atomic E-state index is 12.7. The van der Waals surface area contributed by atoms with Gasteiger partial charge in [0, 0.05) is 18.4 Å². The molecule has 0 bridgehead atoms. The minimum atomic E-state index is 0.0217. The maximum Gasteiger partial charge on any atom is 0.139 e. The lowest BCUT2D eigenvalue weighted by Gasteiger charge is -2.62. The van der Waals surface area contributed by atoms with Crippen molar-refractivity contribution in [1.82, 2.24) is 5.32 Å². The normalized spacial score (nSPS) is 53.8. The molecule has 0 aromatic heterocycles. The summed E-state index contributed by atoms with van der Waals surface area (Å²) >= 11 is 0. The van der Waals surface area contributed by atoms with Gasteiger partial charge in [-0.3, -0.25) is 4.79 Å². The van der Waals surface area contributed by atoms with E-state index in [2.05, 4.69) is 38.2 Å². The Morgan fingerprint density at radius 1 is 0.964 bits per heavy atom. The molecule has 28 heavy (non-hydrogen) atoms. The quantitative estimate of drug-likeness (QED) is 0.627. The monoisotopic (exact) mass is 383 g/mol. The summed E-state index contributed by atoms with van der Waals surface area (Å²) in [6.07, 6.45) is 16.6. The lowest BCUT2D eigenvalue weighted by molar-refractivity contribution is -0.148. The molecule has 0 aromatic rings. The molecule has 0 radical (unpaired) electrons. The van der Waals surface area contributed by atoms with E-state index in [1.54, 1.807) is 0 Å². The highest BCUT2D eigenvalue weighted by molar-refractivity contribution is 5.87. The van der Waals surface area contributed by atoms with Crippen molar-refractivity contribution >= 4 is 5.78 Å². The highest BCUT2D eigenvalue weighted by atomic mass is 16.1. The van der Waals surface area contributed by atoms with Crippen molar-refractivity contribution in [3.63, 3.8) is 0 Å². The van der Waals surface area contributed by atoms with Gasteiger partial charge >= 0.3 is 0 Å². The zero-order chi connectivity index (χ0) is 19.5. The van der Waals surface area contributed by atoms with Crippen molar-refractivity contribution in [2.45, 2.75) is 78.6 Å². The first kappa shape index (κ1) is 19.3. The minimum Gasteiger partial charge on any atom is -0.316 e. The number of Topliss-reactive ketones (excluding diaryl/α,β-unsaturated/α-hetero) is 1. The van der Waals surface area contributed by atoms with E-state index in [4.69, 9.17) is 0 Å². The number of nitrogens with one attached hydrogen (secondary N) is 1. The topological polar surface area (TPSA) is 29.1 Å². The maximum atomic E-state index is 12.7. The Morgan fingerprint density at radius 2 is 1.79 bits per heavy atom. The van der Waals surface area contributed by atoms with Crippen molar-refractivity contribution in [3.05, 3.63) is 12.2 Å². The van der Waals surface area contributed by atoms with Crippen molar-refractivity contribution < 1.29 is 4.79 Å². The zero-order valence-electron chi connectivity index (χ0n) is 18.4. The number of hydrogen-bond donors (Lipinski definition) is 1. The first-order valence-electron chi connectivity index (χ1n) is 12.3. The zero-order valence-corrected chi connectivity index (χ0v) is 18.4. The Kier molecular flexibility index (Phi) is 4.81. The molecular weight excluding hydrogens is 342 g/mol. The van der Waals surface area contributed by atoms with Gasteiger partial charge in [-0.2, -0.15) is 0 Å². The van der Waals surface area contributed by atoms with Gasteiger partial charge in [0.2, 0.25) is 0 Å². The van der Waals surface area contributed by atoms with E-state index < -0.39 is 0 Å². The molecule has 0 spiro atoms. The summed E-state index contributed by atoms with van der Waals surface area (Å²) in [5.74, 6) is 6.24. The van der Waals surface area contributed by atoms with Crippen molar-refractivity contribution in [2.75, 3.05) is 13.1 Å². The van der Waals surface area contributed by atoms with E-state index in [9.17, 15) is 4.79 Å². The SMILES string of the molecule is C[C@@H]1CC2C[C@H](/C=C\[C@H]3CCNC3)CC[C@]2(C)[C@H]2CC[C@]3(C)C(=O)CC[C@H]3[C@H]12. The van der Waals surface area contributed by atoms with Crippen LogP contribution in [-0.4, -0.2) is 18.9 Å². The summed E-state index contributed by atoms with van der Waals surface area (Å²) in [4.78, 5) is 12.7. The Morgan fingerprint density at radius 3 is 2.57 bits per heavy atom. The summed E-state index contributed by atoms with van der Waals surface area (Å²) < 4.78 is 0. The van der Waals surface area contributed by atoms with E-state index in [0.717, 1.165) is 41.9 Å². The molecule has 5 rings (SSSR count). The molecule has 1 unspecified atom stereocenters. The number of hydrogen-bond acceptors (Lipinski definition) is 2. The molecule has 4 aliphatic carbocycles. The molecule has 1 aliphatic heterocycles. The van der Waals surface area contributed by atoms with Gasteiger partial charge < -0.3 is 5.32 Å². The number of rotatable bonds is 2. The Balaban J connectivity index is 1.33. The third kappa shape index (κ3) is 2.88. The Hall–Kier alpha value is -0.630. The predicted octanol–water partition coefficient (Wildman–Crippen LogP) is 5.63. The van der Waals surface area contributed by atoms with Crippen LogP contribution in [0, 0.1) is 52.3 Å². The van der Waals surface area contributed by atoms with Gasteiger partial charge in [-0.15, -0.1) is 0 Å². The third-order valence-electron chi connectivity index (χ3n) is 10.5. The van der Waals surface area contributed by atoms with Gasteiger partial charge in [0.15, 0.2) is 0 Å². The van der Waals surface area contributed by atoms with E-state index in [1.165, 1.54) is 64.5 Å². The molecule has 1 N–H and O–H groups in total. The molecule has 4 saturated carbocycles. The van der Waals surface area contributed by atoms with E-state index in [0.29, 0.717) is 17.1 Å². The van der Waals surface area contributed by atoms with Gasteiger partial charge in [-0.25, -0.2) is 0 Å². The van der Waals surface area contributed by atoms with Gasteiger partial charge in [-0.05, 0) is 105 Å². The van der Waals surface area contributed by atoms with Crippen LogP contribution in [0.4, 0.5) is 0 Å². The van der Waals surface area contributed by atoms with Crippen LogP contribution in [0.2, 0.25) is 0 Å². The van der Waals surface area contributed by atoms with Crippen LogP contribution < -0.4 is 5.32 Å². The summed E-state index contributed by atoms with van der Waals surface area (Å²) in [7, 11) is 0. The molecule has 5 aliphatic rings. The summed E-state index contributed by atoms with van der Waals surface area (Å²) in [5, 5.41) is 3.50. The van der Waals surface area contributed by atoms with Crippen molar-refractivity contribution in [3.8, 4) is 0 Å². The minimum absolute atomic E-state index is 0.0217. The highest BCUT2D eigenvalue weighted by Crippen LogP contribution is 2.67. The molecule has 5 fully saturated rings. The lowest BCUT2D eigenvalue weighted by atomic mass is 9.42. The number of ketones is 1. The molecule has 1 heterocycles. The molecule has 0 amide bonds. The van der Waals surface area contributed by atoms with Crippen LogP contribution in [0.25, 0.3) is 0 Å². The second kappa shape index (κ2) is 6.96. The molecule has 0 aromatic carbocycles. The average molecular weight is 384 g/mol. The fourth-order valence-electron chi connectivity index (χ4n) is 8.77. The molecule has 2 heteroatoms. The smallest absolute Gasteiger partial charge is 0.139 e. The number of allylic oxidation sites excluding steroid dienone is 1. The second-order valence-electron chi connectivity index (χ2n) is 11.8. The van der Waals surface area contributed by atoms with Crippen LogP contribution in [0.5, 0.6) is 0 Å². The van der Waals surface area contributed by atoms with Gasteiger partial charge in [0.25, 0.3) is 0 Å². The van der Waals surface area contributed by atoms with Gasteiger partial charge in [0.1, 0.15) is 5.78 Å². The van der Waals surface area contributed by atoms with Crippen LogP contribution in [0.3, 0.4) is 0 Å². The fourth-order valence-corrected chi connectivity index (χ4v) is 8.77.